The van der Waals surface area contributed by atoms with Gasteiger partial charge in [-0.15, -0.1) is 0 Å². The molecule has 7 heteroatoms. The Hall–Kier alpha value is -1.56. The molecule has 5 nitrogen and oxygen atoms in total. The van der Waals surface area contributed by atoms with E-state index in [2.05, 4.69) is 4.98 Å². The first-order valence-corrected chi connectivity index (χ1v) is 8.57. The van der Waals surface area contributed by atoms with Crippen LogP contribution in [-0.2, 0) is 6.54 Å². The van der Waals surface area contributed by atoms with E-state index in [1.165, 1.54) is 0 Å². The summed E-state index contributed by atoms with van der Waals surface area (Å²) < 4.78 is 1.86. The molecule has 0 bridgehead atoms. The SMILES string of the molecule is Cc1c(Cl)cc(C(=O)N2CCC(O)(Cn3ccnc3)CC2)cc1Cl. The van der Waals surface area contributed by atoms with E-state index in [0.29, 0.717) is 48.1 Å². The van der Waals surface area contributed by atoms with Crippen molar-refractivity contribution in [3.63, 3.8) is 0 Å². The van der Waals surface area contributed by atoms with E-state index in [1.54, 1.807) is 29.6 Å². The van der Waals surface area contributed by atoms with Gasteiger partial charge in [0.2, 0.25) is 0 Å². The molecule has 0 spiro atoms. The lowest BCUT2D eigenvalue weighted by molar-refractivity contribution is -0.0292. The lowest BCUT2D eigenvalue weighted by Crippen LogP contribution is -2.48. The molecule has 2 heterocycles. The molecule has 128 valence electrons. The van der Waals surface area contributed by atoms with Crippen molar-refractivity contribution in [2.75, 3.05) is 13.1 Å². The second-order valence-electron chi connectivity index (χ2n) is 6.32. The van der Waals surface area contributed by atoms with Crippen LogP contribution in [0.25, 0.3) is 0 Å². The van der Waals surface area contributed by atoms with Crippen LogP contribution in [0.5, 0.6) is 0 Å². The first kappa shape index (κ1) is 17.3. The van der Waals surface area contributed by atoms with Gasteiger partial charge in [-0.05, 0) is 37.5 Å². The second-order valence-corrected chi connectivity index (χ2v) is 7.13. The van der Waals surface area contributed by atoms with Crippen LogP contribution in [0.2, 0.25) is 10.0 Å². The molecule has 1 N–H and O–H groups in total. The molecule has 0 saturated carbocycles. The summed E-state index contributed by atoms with van der Waals surface area (Å²) in [6.07, 6.45) is 6.24. The van der Waals surface area contributed by atoms with Crippen molar-refractivity contribution in [3.05, 3.63) is 52.0 Å². The number of carbonyl (C=O) groups excluding carboxylic acids is 1. The minimum absolute atomic E-state index is 0.108. The summed E-state index contributed by atoms with van der Waals surface area (Å²) in [5, 5.41) is 11.7. The average molecular weight is 368 g/mol. The average Bonchev–Trinajstić information content (AvgIpc) is 3.04. The lowest BCUT2D eigenvalue weighted by Gasteiger charge is -2.38. The quantitative estimate of drug-likeness (QED) is 0.906. The van der Waals surface area contributed by atoms with E-state index < -0.39 is 5.60 Å². The maximum atomic E-state index is 12.7. The third-order valence-corrected chi connectivity index (χ3v) is 5.33. The Morgan fingerprint density at radius 3 is 2.46 bits per heavy atom. The van der Waals surface area contributed by atoms with Gasteiger partial charge in [0.1, 0.15) is 0 Å². The third kappa shape index (κ3) is 3.58. The molecule has 0 aliphatic carbocycles. The van der Waals surface area contributed by atoms with Gasteiger partial charge in [0, 0.05) is 41.1 Å². The molecule has 1 aromatic carbocycles. The van der Waals surface area contributed by atoms with E-state index in [0.717, 1.165) is 5.56 Å². The van der Waals surface area contributed by atoms with Gasteiger partial charge in [-0.3, -0.25) is 4.79 Å². The predicted molar refractivity (Wildman–Crippen MR) is 93.5 cm³/mol. The molecule has 1 fully saturated rings. The molecule has 1 amide bonds. The molecule has 0 radical (unpaired) electrons. The Bertz CT molecular complexity index is 715. The highest BCUT2D eigenvalue weighted by atomic mass is 35.5. The van der Waals surface area contributed by atoms with Crippen LogP contribution in [0.3, 0.4) is 0 Å². The fourth-order valence-corrected chi connectivity index (χ4v) is 3.44. The van der Waals surface area contributed by atoms with Crippen molar-refractivity contribution < 1.29 is 9.90 Å². The molecule has 0 atom stereocenters. The highest BCUT2D eigenvalue weighted by Gasteiger charge is 2.34. The third-order valence-electron chi connectivity index (χ3n) is 4.55. The van der Waals surface area contributed by atoms with E-state index in [-0.39, 0.29) is 5.91 Å². The Balaban J connectivity index is 1.67. The Morgan fingerprint density at radius 1 is 1.29 bits per heavy atom. The van der Waals surface area contributed by atoms with E-state index in [1.807, 2.05) is 17.7 Å². The largest absolute Gasteiger partial charge is 0.388 e. The number of nitrogens with zero attached hydrogens (tertiary/aromatic N) is 3. The number of aromatic nitrogens is 2. The van der Waals surface area contributed by atoms with Crippen molar-refractivity contribution in [2.24, 2.45) is 0 Å². The minimum atomic E-state index is -0.819. The van der Waals surface area contributed by atoms with Crippen molar-refractivity contribution in [1.82, 2.24) is 14.5 Å². The standard InChI is InChI=1S/C17H19Cl2N3O2/c1-12-14(18)8-13(9-15(12)19)16(23)22-5-2-17(24,3-6-22)10-21-7-4-20-11-21/h4,7-9,11,24H,2-3,5-6,10H2,1H3. The number of hydrogen-bond acceptors (Lipinski definition) is 3. The molecule has 24 heavy (non-hydrogen) atoms. The zero-order chi connectivity index (χ0) is 17.3. The van der Waals surface area contributed by atoms with Crippen LogP contribution in [-0.4, -0.2) is 44.2 Å². The molecule has 1 aliphatic heterocycles. The smallest absolute Gasteiger partial charge is 0.253 e. The van der Waals surface area contributed by atoms with Crippen molar-refractivity contribution in [3.8, 4) is 0 Å². The zero-order valence-electron chi connectivity index (χ0n) is 13.4. The van der Waals surface area contributed by atoms with Crippen molar-refractivity contribution in [1.29, 1.82) is 0 Å². The van der Waals surface area contributed by atoms with E-state index in [4.69, 9.17) is 23.2 Å². The number of piperidine rings is 1. The first-order chi connectivity index (χ1) is 11.4. The molecule has 1 aliphatic rings. The maximum Gasteiger partial charge on any atom is 0.253 e. The summed E-state index contributed by atoms with van der Waals surface area (Å²) in [4.78, 5) is 18.4. The first-order valence-electron chi connectivity index (χ1n) is 7.81. The molecular weight excluding hydrogens is 349 g/mol. The van der Waals surface area contributed by atoms with Crippen molar-refractivity contribution in [2.45, 2.75) is 31.9 Å². The van der Waals surface area contributed by atoms with Gasteiger partial charge in [0.15, 0.2) is 0 Å². The van der Waals surface area contributed by atoms with Crippen LogP contribution in [0.1, 0.15) is 28.8 Å². The molecule has 1 saturated heterocycles. The van der Waals surface area contributed by atoms with Gasteiger partial charge in [-0.2, -0.15) is 0 Å². The molecular formula is C17H19Cl2N3O2. The second kappa shape index (κ2) is 6.75. The minimum Gasteiger partial charge on any atom is -0.388 e. The Labute approximate surface area is 150 Å². The number of carbonyl (C=O) groups is 1. The summed E-state index contributed by atoms with van der Waals surface area (Å²) in [5.74, 6) is -0.108. The summed E-state index contributed by atoms with van der Waals surface area (Å²) in [6, 6.07) is 3.30. The summed E-state index contributed by atoms with van der Waals surface area (Å²) in [6.45, 7) is 3.29. The van der Waals surface area contributed by atoms with Gasteiger partial charge < -0.3 is 14.6 Å². The normalized spacial score (nSPS) is 17.1. The maximum absolute atomic E-state index is 12.7. The number of hydrogen-bond donors (Lipinski definition) is 1. The van der Waals surface area contributed by atoms with Crippen LogP contribution < -0.4 is 0 Å². The summed E-state index contributed by atoms with van der Waals surface area (Å²) in [5.41, 5.74) is 0.430. The number of halogens is 2. The summed E-state index contributed by atoms with van der Waals surface area (Å²) >= 11 is 12.2. The highest BCUT2D eigenvalue weighted by molar-refractivity contribution is 6.36. The van der Waals surface area contributed by atoms with E-state index >= 15 is 0 Å². The van der Waals surface area contributed by atoms with Crippen LogP contribution in [0.15, 0.2) is 30.9 Å². The van der Waals surface area contributed by atoms with Crippen molar-refractivity contribution >= 4 is 29.1 Å². The van der Waals surface area contributed by atoms with Crippen LogP contribution >= 0.6 is 23.2 Å². The highest BCUT2D eigenvalue weighted by Crippen LogP contribution is 2.28. The summed E-state index contributed by atoms with van der Waals surface area (Å²) in [7, 11) is 0. The fraction of sp³-hybridized carbons (Fsp3) is 0.412. The van der Waals surface area contributed by atoms with Gasteiger partial charge in [0.25, 0.3) is 5.91 Å². The van der Waals surface area contributed by atoms with E-state index in [9.17, 15) is 9.90 Å². The number of aliphatic hydroxyl groups is 1. The number of amides is 1. The van der Waals surface area contributed by atoms with Gasteiger partial charge >= 0.3 is 0 Å². The number of imidazole rings is 1. The monoisotopic (exact) mass is 367 g/mol. The molecule has 3 rings (SSSR count). The molecule has 0 unspecified atom stereocenters. The fourth-order valence-electron chi connectivity index (χ4n) is 2.96. The number of likely N-dealkylation sites (tertiary alicyclic amines) is 1. The predicted octanol–water partition coefficient (Wildman–Crippen LogP) is 3.17. The number of rotatable bonds is 3. The molecule has 2 aromatic rings. The van der Waals surface area contributed by atoms with Gasteiger partial charge in [-0.25, -0.2) is 4.98 Å². The zero-order valence-corrected chi connectivity index (χ0v) is 14.9. The Kier molecular flexibility index (Phi) is 4.85. The number of benzene rings is 1. The van der Waals surface area contributed by atoms with Gasteiger partial charge in [-0.1, -0.05) is 23.2 Å². The molecule has 1 aromatic heterocycles. The Morgan fingerprint density at radius 2 is 1.92 bits per heavy atom. The van der Waals surface area contributed by atoms with Crippen LogP contribution in [0, 0.1) is 6.92 Å². The topological polar surface area (TPSA) is 58.4 Å². The van der Waals surface area contributed by atoms with Gasteiger partial charge in [0.05, 0.1) is 18.5 Å². The lowest BCUT2D eigenvalue weighted by atomic mass is 9.91. The van der Waals surface area contributed by atoms with Crippen LogP contribution in [0.4, 0.5) is 0 Å².